The Morgan fingerprint density at radius 3 is 2.88 bits per heavy atom. The first-order valence-electron chi connectivity index (χ1n) is 5.45. The molecule has 0 atom stereocenters. The van der Waals surface area contributed by atoms with Crippen LogP contribution < -0.4 is 0 Å². The lowest BCUT2D eigenvalue weighted by molar-refractivity contribution is 0.111. The van der Waals surface area contributed by atoms with Crippen LogP contribution in [0.1, 0.15) is 23.0 Å². The molecule has 84 valence electrons. The number of hydrogen-bond donors (Lipinski definition) is 0. The lowest BCUT2D eigenvalue weighted by atomic mass is 10.0. The van der Waals surface area contributed by atoms with Crippen LogP contribution in [-0.4, -0.2) is 10.9 Å². The highest BCUT2D eigenvalue weighted by atomic mass is 16.1. The number of carbonyl (C=O) groups is 1. The normalized spacial score (nSPS) is 9.88. The van der Waals surface area contributed by atoms with Crippen LogP contribution in [0.2, 0.25) is 0 Å². The zero-order chi connectivity index (χ0) is 12.3. The molecule has 0 saturated heterocycles. The molecule has 1 aromatic carbocycles. The molecule has 0 aliphatic heterocycles. The summed E-state index contributed by atoms with van der Waals surface area (Å²) in [6.07, 6.45) is 2.75. The number of nitriles is 1. The third-order valence-electron chi connectivity index (χ3n) is 2.76. The minimum Gasteiger partial charge on any atom is -0.345 e. The van der Waals surface area contributed by atoms with Crippen molar-refractivity contribution in [1.82, 2.24) is 4.57 Å². The third kappa shape index (κ3) is 1.98. The van der Waals surface area contributed by atoms with E-state index in [2.05, 4.69) is 6.07 Å². The van der Waals surface area contributed by atoms with Gasteiger partial charge in [-0.3, -0.25) is 4.79 Å². The fourth-order valence-electron chi connectivity index (χ4n) is 1.89. The number of benzene rings is 1. The Morgan fingerprint density at radius 2 is 2.24 bits per heavy atom. The van der Waals surface area contributed by atoms with E-state index < -0.39 is 0 Å². The molecule has 0 aliphatic carbocycles. The summed E-state index contributed by atoms with van der Waals surface area (Å²) in [5.41, 5.74) is 3.03. The quantitative estimate of drug-likeness (QED) is 0.752. The Balaban J connectivity index is 2.56. The molecular formula is C14H12N2O. The Morgan fingerprint density at radius 1 is 1.41 bits per heavy atom. The van der Waals surface area contributed by atoms with Crippen LogP contribution in [0, 0.1) is 11.3 Å². The molecule has 0 spiro atoms. The number of rotatable bonds is 3. The second-order valence-corrected chi connectivity index (χ2v) is 3.71. The third-order valence-corrected chi connectivity index (χ3v) is 2.76. The van der Waals surface area contributed by atoms with Gasteiger partial charge in [0, 0.05) is 18.3 Å². The summed E-state index contributed by atoms with van der Waals surface area (Å²) in [5, 5.41) is 8.86. The molecule has 3 nitrogen and oxygen atoms in total. The van der Waals surface area contributed by atoms with Gasteiger partial charge in [-0.05, 0) is 30.7 Å². The van der Waals surface area contributed by atoms with Crippen molar-refractivity contribution in [3.05, 3.63) is 47.8 Å². The van der Waals surface area contributed by atoms with Crippen LogP contribution in [0.4, 0.5) is 0 Å². The van der Waals surface area contributed by atoms with Crippen LogP contribution in [0.3, 0.4) is 0 Å². The average Bonchev–Trinajstić information content (AvgIpc) is 2.81. The maximum atomic E-state index is 11.1. The van der Waals surface area contributed by atoms with E-state index >= 15 is 0 Å². The fourth-order valence-corrected chi connectivity index (χ4v) is 1.89. The SMILES string of the molecule is CCn1ccc(-c2cccc(C#N)c2)c1C=O. The zero-order valence-corrected chi connectivity index (χ0v) is 9.55. The standard InChI is InChI=1S/C14H12N2O/c1-2-16-7-6-13(14(16)10-17)12-5-3-4-11(8-12)9-15/h3-8,10H,2H2,1H3. The summed E-state index contributed by atoms with van der Waals surface area (Å²) in [6, 6.07) is 11.3. The lowest BCUT2D eigenvalue weighted by Crippen LogP contribution is -1.98. The van der Waals surface area contributed by atoms with E-state index in [1.165, 1.54) is 0 Å². The van der Waals surface area contributed by atoms with Gasteiger partial charge < -0.3 is 4.57 Å². The maximum Gasteiger partial charge on any atom is 0.167 e. The molecule has 2 aromatic rings. The van der Waals surface area contributed by atoms with Gasteiger partial charge >= 0.3 is 0 Å². The number of nitrogens with zero attached hydrogens (tertiary/aromatic N) is 2. The van der Waals surface area contributed by atoms with Crippen molar-refractivity contribution in [1.29, 1.82) is 5.26 Å². The van der Waals surface area contributed by atoms with Gasteiger partial charge in [0.25, 0.3) is 0 Å². The number of aromatic nitrogens is 1. The first-order valence-corrected chi connectivity index (χ1v) is 5.45. The van der Waals surface area contributed by atoms with Crippen molar-refractivity contribution >= 4 is 6.29 Å². The highest BCUT2D eigenvalue weighted by Crippen LogP contribution is 2.24. The molecule has 0 unspecified atom stereocenters. The zero-order valence-electron chi connectivity index (χ0n) is 9.55. The Hall–Kier alpha value is -2.34. The van der Waals surface area contributed by atoms with Crippen molar-refractivity contribution in [2.45, 2.75) is 13.5 Å². The van der Waals surface area contributed by atoms with Crippen LogP contribution >= 0.6 is 0 Å². The molecule has 0 radical (unpaired) electrons. The first-order chi connectivity index (χ1) is 8.30. The molecule has 2 rings (SSSR count). The molecule has 0 bridgehead atoms. The summed E-state index contributed by atoms with van der Waals surface area (Å²) < 4.78 is 1.89. The molecule has 0 amide bonds. The second-order valence-electron chi connectivity index (χ2n) is 3.71. The summed E-state index contributed by atoms with van der Waals surface area (Å²) in [6.45, 7) is 2.74. The number of carbonyl (C=O) groups excluding carboxylic acids is 1. The van der Waals surface area contributed by atoms with Gasteiger partial charge in [-0.1, -0.05) is 12.1 Å². The van der Waals surface area contributed by atoms with E-state index in [0.29, 0.717) is 11.3 Å². The second kappa shape index (κ2) is 4.67. The minimum absolute atomic E-state index is 0.601. The maximum absolute atomic E-state index is 11.1. The largest absolute Gasteiger partial charge is 0.345 e. The van der Waals surface area contributed by atoms with E-state index in [4.69, 9.17) is 5.26 Å². The monoisotopic (exact) mass is 224 g/mol. The number of aryl methyl sites for hydroxylation is 1. The highest BCUT2D eigenvalue weighted by molar-refractivity contribution is 5.86. The van der Waals surface area contributed by atoms with Crippen molar-refractivity contribution < 1.29 is 4.79 Å². The van der Waals surface area contributed by atoms with Crippen LogP contribution in [0.25, 0.3) is 11.1 Å². The van der Waals surface area contributed by atoms with Gasteiger partial charge in [-0.15, -0.1) is 0 Å². The molecule has 3 heteroatoms. The molecular weight excluding hydrogens is 212 g/mol. The fraction of sp³-hybridized carbons (Fsp3) is 0.143. The van der Waals surface area contributed by atoms with Crippen molar-refractivity contribution in [3.8, 4) is 17.2 Å². The van der Waals surface area contributed by atoms with E-state index in [0.717, 1.165) is 24.0 Å². The topological polar surface area (TPSA) is 45.8 Å². The molecule has 0 aliphatic rings. The summed E-state index contributed by atoms with van der Waals surface area (Å²) in [5.74, 6) is 0. The Kier molecular flexibility index (Phi) is 3.06. The smallest absolute Gasteiger partial charge is 0.167 e. The Labute approximate surface area is 99.9 Å². The van der Waals surface area contributed by atoms with Gasteiger partial charge in [-0.2, -0.15) is 5.26 Å². The first kappa shape index (κ1) is 11.2. The molecule has 0 fully saturated rings. The van der Waals surface area contributed by atoms with Gasteiger partial charge in [0.15, 0.2) is 6.29 Å². The number of aldehydes is 1. The van der Waals surface area contributed by atoms with Crippen molar-refractivity contribution in [3.63, 3.8) is 0 Å². The minimum atomic E-state index is 0.601. The highest BCUT2D eigenvalue weighted by Gasteiger charge is 2.09. The summed E-state index contributed by atoms with van der Waals surface area (Å²) in [4.78, 5) is 11.1. The van der Waals surface area contributed by atoms with Gasteiger partial charge in [0.2, 0.25) is 0 Å². The van der Waals surface area contributed by atoms with Crippen LogP contribution in [0.15, 0.2) is 36.5 Å². The predicted octanol–water partition coefficient (Wildman–Crippen LogP) is 2.86. The summed E-state index contributed by atoms with van der Waals surface area (Å²) in [7, 11) is 0. The predicted molar refractivity (Wildman–Crippen MR) is 65.6 cm³/mol. The van der Waals surface area contributed by atoms with E-state index in [-0.39, 0.29) is 0 Å². The van der Waals surface area contributed by atoms with Crippen LogP contribution in [0.5, 0.6) is 0 Å². The Bertz CT molecular complexity index is 591. The van der Waals surface area contributed by atoms with Crippen molar-refractivity contribution in [2.75, 3.05) is 0 Å². The molecule has 0 N–H and O–H groups in total. The van der Waals surface area contributed by atoms with E-state index in [1.807, 2.05) is 35.9 Å². The van der Waals surface area contributed by atoms with Crippen LogP contribution in [-0.2, 0) is 6.54 Å². The van der Waals surface area contributed by atoms with Gasteiger partial charge in [-0.25, -0.2) is 0 Å². The van der Waals surface area contributed by atoms with Gasteiger partial charge in [0.1, 0.15) is 0 Å². The summed E-state index contributed by atoms with van der Waals surface area (Å²) >= 11 is 0. The van der Waals surface area contributed by atoms with Crippen molar-refractivity contribution in [2.24, 2.45) is 0 Å². The average molecular weight is 224 g/mol. The molecule has 1 aromatic heterocycles. The van der Waals surface area contributed by atoms with E-state index in [1.54, 1.807) is 12.1 Å². The van der Waals surface area contributed by atoms with Gasteiger partial charge in [0.05, 0.1) is 17.3 Å². The molecule has 17 heavy (non-hydrogen) atoms. The molecule has 0 saturated carbocycles. The molecule has 1 heterocycles. The lowest BCUT2D eigenvalue weighted by Gasteiger charge is -2.03. The number of hydrogen-bond acceptors (Lipinski definition) is 2. The van der Waals surface area contributed by atoms with E-state index in [9.17, 15) is 4.79 Å².